The summed E-state index contributed by atoms with van der Waals surface area (Å²) < 4.78 is 0. The van der Waals surface area contributed by atoms with E-state index in [9.17, 15) is 4.79 Å². The second-order valence-corrected chi connectivity index (χ2v) is 3.27. The van der Waals surface area contributed by atoms with E-state index in [1.54, 1.807) is 0 Å². The van der Waals surface area contributed by atoms with E-state index in [1.165, 1.54) is 6.42 Å². The second kappa shape index (κ2) is 3.04. The fourth-order valence-corrected chi connectivity index (χ4v) is 1.45. The van der Waals surface area contributed by atoms with Crippen LogP contribution in [-0.4, -0.2) is 24.4 Å². The molecule has 1 fully saturated rings. The van der Waals surface area contributed by atoms with Crippen LogP contribution in [0, 0.1) is 5.92 Å². The molecular formula is C8H15NO. The van der Waals surface area contributed by atoms with Crippen molar-refractivity contribution >= 4 is 5.91 Å². The maximum atomic E-state index is 11.1. The number of amides is 1. The molecule has 1 atom stereocenters. The summed E-state index contributed by atoms with van der Waals surface area (Å²) in [7, 11) is 1.89. The molecule has 0 aromatic rings. The van der Waals surface area contributed by atoms with Crippen LogP contribution in [0.2, 0.25) is 0 Å². The number of hydrogen-bond donors (Lipinski definition) is 0. The smallest absolute Gasteiger partial charge is 0.222 e. The Morgan fingerprint density at radius 3 is 3.00 bits per heavy atom. The second-order valence-electron chi connectivity index (χ2n) is 3.27. The van der Waals surface area contributed by atoms with Crippen LogP contribution >= 0.6 is 0 Å². The lowest BCUT2D eigenvalue weighted by atomic mass is 10.1. The lowest BCUT2D eigenvalue weighted by molar-refractivity contribution is -0.129. The fourth-order valence-electron chi connectivity index (χ4n) is 1.45. The minimum atomic E-state index is 0.310. The molecule has 1 rings (SSSR count). The minimum Gasteiger partial charge on any atom is -0.345 e. The largest absolute Gasteiger partial charge is 0.345 e. The van der Waals surface area contributed by atoms with E-state index < -0.39 is 0 Å². The Labute approximate surface area is 62.2 Å². The zero-order valence-electron chi connectivity index (χ0n) is 6.76. The summed E-state index contributed by atoms with van der Waals surface area (Å²) >= 11 is 0. The topological polar surface area (TPSA) is 20.3 Å². The summed E-state index contributed by atoms with van der Waals surface area (Å²) in [6.45, 7) is 3.15. The van der Waals surface area contributed by atoms with Crippen molar-refractivity contribution in [3.63, 3.8) is 0 Å². The molecule has 0 saturated carbocycles. The van der Waals surface area contributed by atoms with E-state index in [0.29, 0.717) is 11.8 Å². The van der Waals surface area contributed by atoms with E-state index in [0.717, 1.165) is 19.4 Å². The average molecular weight is 141 g/mol. The predicted molar refractivity (Wildman–Crippen MR) is 40.7 cm³/mol. The van der Waals surface area contributed by atoms with Gasteiger partial charge >= 0.3 is 0 Å². The van der Waals surface area contributed by atoms with Gasteiger partial charge in [-0.05, 0) is 18.8 Å². The SMILES string of the molecule is CC1CCCC(=O)N(C)C1. The van der Waals surface area contributed by atoms with E-state index in [-0.39, 0.29) is 0 Å². The summed E-state index contributed by atoms with van der Waals surface area (Å²) in [4.78, 5) is 12.9. The fraction of sp³-hybridized carbons (Fsp3) is 0.875. The predicted octanol–water partition coefficient (Wildman–Crippen LogP) is 1.26. The van der Waals surface area contributed by atoms with Crippen LogP contribution in [0.15, 0.2) is 0 Å². The molecule has 0 spiro atoms. The Balaban J connectivity index is 2.49. The molecule has 1 amide bonds. The molecule has 0 aromatic carbocycles. The Morgan fingerprint density at radius 2 is 2.30 bits per heavy atom. The highest BCUT2D eigenvalue weighted by Crippen LogP contribution is 2.14. The summed E-state index contributed by atoms with van der Waals surface area (Å²) in [6, 6.07) is 0. The highest BCUT2D eigenvalue weighted by molar-refractivity contribution is 5.76. The molecule has 1 aliphatic heterocycles. The van der Waals surface area contributed by atoms with Gasteiger partial charge in [-0.2, -0.15) is 0 Å². The first-order valence-electron chi connectivity index (χ1n) is 3.94. The van der Waals surface area contributed by atoms with Gasteiger partial charge in [-0.15, -0.1) is 0 Å². The third kappa shape index (κ3) is 1.72. The number of carbonyl (C=O) groups excluding carboxylic acids is 1. The zero-order valence-corrected chi connectivity index (χ0v) is 6.76. The molecule has 2 heteroatoms. The first-order chi connectivity index (χ1) is 4.70. The minimum absolute atomic E-state index is 0.310. The van der Waals surface area contributed by atoms with Crippen LogP contribution in [0.3, 0.4) is 0 Å². The van der Waals surface area contributed by atoms with Gasteiger partial charge in [0.15, 0.2) is 0 Å². The number of carbonyl (C=O) groups is 1. The molecule has 0 aliphatic carbocycles. The Hall–Kier alpha value is -0.530. The highest BCUT2D eigenvalue weighted by Gasteiger charge is 2.16. The van der Waals surface area contributed by atoms with Crippen molar-refractivity contribution in [1.82, 2.24) is 4.90 Å². The van der Waals surface area contributed by atoms with Crippen molar-refractivity contribution in [3.8, 4) is 0 Å². The van der Waals surface area contributed by atoms with E-state index in [4.69, 9.17) is 0 Å². The molecule has 58 valence electrons. The summed E-state index contributed by atoms with van der Waals surface area (Å²) in [5.74, 6) is 1.00. The molecule has 1 heterocycles. The number of likely N-dealkylation sites (tertiary alicyclic amines) is 1. The van der Waals surface area contributed by atoms with Crippen LogP contribution < -0.4 is 0 Å². The van der Waals surface area contributed by atoms with Gasteiger partial charge in [0, 0.05) is 20.0 Å². The van der Waals surface area contributed by atoms with E-state index >= 15 is 0 Å². The van der Waals surface area contributed by atoms with Crippen LogP contribution in [0.25, 0.3) is 0 Å². The molecule has 0 aromatic heterocycles. The lowest BCUT2D eigenvalue weighted by Crippen LogP contribution is -2.27. The van der Waals surface area contributed by atoms with Crippen molar-refractivity contribution < 1.29 is 4.79 Å². The molecule has 1 unspecified atom stereocenters. The zero-order chi connectivity index (χ0) is 7.56. The molecule has 0 bridgehead atoms. The van der Waals surface area contributed by atoms with Gasteiger partial charge < -0.3 is 4.90 Å². The molecule has 2 nitrogen and oxygen atoms in total. The number of nitrogens with zero attached hydrogens (tertiary/aromatic N) is 1. The number of hydrogen-bond acceptors (Lipinski definition) is 1. The van der Waals surface area contributed by atoms with Gasteiger partial charge in [-0.25, -0.2) is 0 Å². The van der Waals surface area contributed by atoms with Crippen LogP contribution in [0.1, 0.15) is 26.2 Å². The molecule has 0 radical (unpaired) electrons. The lowest BCUT2D eigenvalue weighted by Gasteiger charge is -2.16. The Kier molecular flexibility index (Phi) is 2.30. The summed E-state index contributed by atoms with van der Waals surface area (Å²) in [5, 5.41) is 0. The number of rotatable bonds is 0. The van der Waals surface area contributed by atoms with Crippen molar-refractivity contribution in [3.05, 3.63) is 0 Å². The van der Waals surface area contributed by atoms with Gasteiger partial charge in [0.05, 0.1) is 0 Å². The third-order valence-electron chi connectivity index (χ3n) is 2.10. The molecule has 1 aliphatic rings. The maximum absolute atomic E-state index is 11.1. The van der Waals surface area contributed by atoms with Gasteiger partial charge in [0.2, 0.25) is 5.91 Å². The van der Waals surface area contributed by atoms with Gasteiger partial charge in [0.25, 0.3) is 0 Å². The third-order valence-corrected chi connectivity index (χ3v) is 2.10. The first kappa shape index (κ1) is 7.58. The molecule has 1 saturated heterocycles. The maximum Gasteiger partial charge on any atom is 0.222 e. The van der Waals surface area contributed by atoms with E-state index in [2.05, 4.69) is 6.92 Å². The quantitative estimate of drug-likeness (QED) is 0.497. The standard InChI is InChI=1S/C8H15NO/c1-7-4-3-5-8(10)9(2)6-7/h7H,3-6H2,1-2H3. The van der Waals surface area contributed by atoms with E-state index in [1.807, 2.05) is 11.9 Å². The van der Waals surface area contributed by atoms with Crippen LogP contribution in [0.5, 0.6) is 0 Å². The summed E-state index contributed by atoms with van der Waals surface area (Å²) in [5.41, 5.74) is 0. The van der Waals surface area contributed by atoms with Crippen molar-refractivity contribution in [2.24, 2.45) is 5.92 Å². The normalized spacial score (nSPS) is 28.4. The van der Waals surface area contributed by atoms with Gasteiger partial charge in [0.1, 0.15) is 0 Å². The van der Waals surface area contributed by atoms with Crippen LogP contribution in [0.4, 0.5) is 0 Å². The monoisotopic (exact) mass is 141 g/mol. The molecule has 0 N–H and O–H groups in total. The molecular weight excluding hydrogens is 126 g/mol. The average Bonchev–Trinajstić information content (AvgIpc) is 1.96. The highest BCUT2D eigenvalue weighted by atomic mass is 16.2. The van der Waals surface area contributed by atoms with Crippen molar-refractivity contribution in [2.45, 2.75) is 26.2 Å². The summed E-state index contributed by atoms with van der Waals surface area (Å²) in [6.07, 6.45) is 3.03. The van der Waals surface area contributed by atoms with Crippen molar-refractivity contribution in [1.29, 1.82) is 0 Å². The Bertz CT molecular complexity index is 133. The first-order valence-corrected chi connectivity index (χ1v) is 3.94. The molecule has 10 heavy (non-hydrogen) atoms. The van der Waals surface area contributed by atoms with Crippen LogP contribution in [-0.2, 0) is 4.79 Å². The van der Waals surface area contributed by atoms with Crippen molar-refractivity contribution in [2.75, 3.05) is 13.6 Å². The van der Waals surface area contributed by atoms with Gasteiger partial charge in [-0.3, -0.25) is 4.79 Å². The van der Waals surface area contributed by atoms with Gasteiger partial charge in [-0.1, -0.05) is 6.92 Å². The Morgan fingerprint density at radius 1 is 1.60 bits per heavy atom.